The van der Waals surface area contributed by atoms with Gasteiger partial charge >= 0.3 is 0 Å². The molecule has 1 aliphatic carbocycles. The first-order valence-electron chi connectivity index (χ1n) is 10.7. The third-order valence-electron chi connectivity index (χ3n) is 5.11. The smallest absolute Gasteiger partial charge is 0.240 e. The van der Waals surface area contributed by atoms with E-state index in [1.807, 2.05) is 0 Å². The number of ether oxygens (including phenoxy) is 3. The molecule has 2 aromatic rings. The number of para-hydroxylation sites is 1. The number of aliphatic hydroxyl groups is 1. The van der Waals surface area contributed by atoms with Crippen LogP contribution in [0.1, 0.15) is 24.8 Å². The average Bonchev–Trinajstić information content (AvgIpc) is 3.63. The second-order valence-electron chi connectivity index (χ2n) is 7.80. The fraction of sp³-hybridized carbons (Fsp3) is 0.435. The van der Waals surface area contributed by atoms with E-state index in [2.05, 4.69) is 10.0 Å². The van der Waals surface area contributed by atoms with Crippen molar-refractivity contribution in [3.63, 3.8) is 0 Å². The van der Waals surface area contributed by atoms with Crippen LogP contribution in [0.4, 0.5) is 0 Å². The lowest BCUT2D eigenvalue weighted by atomic mass is 10.1. The molecular weight excluding hydrogens is 448 g/mol. The van der Waals surface area contributed by atoms with Gasteiger partial charge in [-0.05, 0) is 49.1 Å². The largest absolute Gasteiger partial charge is 0.493 e. The maximum Gasteiger partial charge on any atom is 0.240 e. The van der Waals surface area contributed by atoms with Crippen molar-refractivity contribution in [1.82, 2.24) is 10.0 Å². The lowest BCUT2D eigenvalue weighted by Crippen LogP contribution is -2.35. The lowest BCUT2D eigenvalue weighted by Gasteiger charge is -2.17. The first-order chi connectivity index (χ1) is 15.8. The minimum atomic E-state index is -3.48. The van der Waals surface area contributed by atoms with Gasteiger partial charge in [-0.1, -0.05) is 18.2 Å². The van der Waals surface area contributed by atoms with Gasteiger partial charge in [-0.15, -0.1) is 0 Å². The highest BCUT2D eigenvalue weighted by atomic mass is 32.2. The summed E-state index contributed by atoms with van der Waals surface area (Å²) in [6.45, 7) is -0.0256. The van der Waals surface area contributed by atoms with Gasteiger partial charge in [-0.3, -0.25) is 4.79 Å². The SMILES string of the molecule is COc1cccc(OC)c1OCC(O)CNC(=O)CCc1ccc(S(=O)(=O)NC2CC2)cc1. The molecule has 2 aromatic carbocycles. The van der Waals surface area contributed by atoms with Crippen LogP contribution in [0.3, 0.4) is 0 Å². The van der Waals surface area contributed by atoms with E-state index in [1.54, 1.807) is 42.5 Å². The number of amides is 1. The predicted molar refractivity (Wildman–Crippen MR) is 122 cm³/mol. The molecule has 1 atom stereocenters. The van der Waals surface area contributed by atoms with Gasteiger partial charge in [0.25, 0.3) is 0 Å². The van der Waals surface area contributed by atoms with Crippen LogP contribution in [0.5, 0.6) is 17.2 Å². The molecule has 0 spiro atoms. The molecule has 1 amide bonds. The summed E-state index contributed by atoms with van der Waals surface area (Å²) in [6.07, 6.45) is 1.49. The van der Waals surface area contributed by atoms with Crippen LogP contribution in [-0.4, -0.2) is 58.9 Å². The maximum absolute atomic E-state index is 12.2. The van der Waals surface area contributed by atoms with E-state index in [0.29, 0.717) is 23.7 Å². The van der Waals surface area contributed by atoms with Crippen LogP contribution in [-0.2, 0) is 21.2 Å². The zero-order chi connectivity index (χ0) is 23.8. The zero-order valence-corrected chi connectivity index (χ0v) is 19.6. The molecule has 0 bridgehead atoms. The molecule has 0 saturated heterocycles. The maximum atomic E-state index is 12.2. The fourth-order valence-corrected chi connectivity index (χ4v) is 4.40. The fourth-order valence-electron chi connectivity index (χ4n) is 3.10. The number of benzene rings is 2. The Morgan fingerprint density at radius 1 is 1.09 bits per heavy atom. The number of aryl methyl sites for hydroxylation is 1. The van der Waals surface area contributed by atoms with Crippen LogP contribution in [0, 0.1) is 0 Å². The molecule has 0 aliphatic heterocycles. The summed E-state index contributed by atoms with van der Waals surface area (Å²) in [5, 5.41) is 12.8. The summed E-state index contributed by atoms with van der Waals surface area (Å²) >= 11 is 0. The van der Waals surface area contributed by atoms with Gasteiger partial charge in [0.1, 0.15) is 12.7 Å². The zero-order valence-electron chi connectivity index (χ0n) is 18.7. The quantitative estimate of drug-likeness (QED) is 0.400. The second kappa shape index (κ2) is 11.4. The van der Waals surface area contributed by atoms with Crippen molar-refractivity contribution in [3.05, 3.63) is 48.0 Å². The molecule has 0 aromatic heterocycles. The van der Waals surface area contributed by atoms with Crippen LogP contribution in [0.2, 0.25) is 0 Å². The molecule has 0 radical (unpaired) electrons. The summed E-state index contributed by atoms with van der Waals surface area (Å²) in [5.41, 5.74) is 0.850. The summed E-state index contributed by atoms with van der Waals surface area (Å²) < 4.78 is 43.2. The number of nitrogens with one attached hydrogen (secondary N) is 2. The Labute approximate surface area is 194 Å². The van der Waals surface area contributed by atoms with Crippen LogP contribution in [0.15, 0.2) is 47.4 Å². The summed E-state index contributed by atoms with van der Waals surface area (Å²) in [6, 6.07) is 11.8. The van der Waals surface area contributed by atoms with Gasteiger partial charge < -0.3 is 24.6 Å². The topological polar surface area (TPSA) is 123 Å². The molecule has 0 heterocycles. The third kappa shape index (κ3) is 7.34. The number of sulfonamides is 1. The Morgan fingerprint density at radius 3 is 2.30 bits per heavy atom. The second-order valence-corrected chi connectivity index (χ2v) is 9.51. The van der Waals surface area contributed by atoms with Gasteiger partial charge in [0, 0.05) is 19.0 Å². The van der Waals surface area contributed by atoms with E-state index in [0.717, 1.165) is 18.4 Å². The Balaban J connectivity index is 1.40. The van der Waals surface area contributed by atoms with Gasteiger partial charge in [-0.2, -0.15) is 0 Å². The van der Waals surface area contributed by atoms with Crippen molar-refractivity contribution in [2.24, 2.45) is 0 Å². The van der Waals surface area contributed by atoms with Gasteiger partial charge in [0.05, 0.1) is 19.1 Å². The van der Waals surface area contributed by atoms with Crippen molar-refractivity contribution < 1.29 is 32.5 Å². The average molecular weight is 479 g/mol. The lowest BCUT2D eigenvalue weighted by molar-refractivity contribution is -0.121. The molecule has 33 heavy (non-hydrogen) atoms. The molecule has 1 saturated carbocycles. The minimum absolute atomic E-state index is 0.0281. The van der Waals surface area contributed by atoms with E-state index in [9.17, 15) is 18.3 Å². The highest BCUT2D eigenvalue weighted by Gasteiger charge is 2.27. The minimum Gasteiger partial charge on any atom is -0.493 e. The number of methoxy groups -OCH3 is 2. The molecule has 10 heteroatoms. The van der Waals surface area contributed by atoms with Crippen LogP contribution >= 0.6 is 0 Å². The first-order valence-corrected chi connectivity index (χ1v) is 12.2. The van der Waals surface area contributed by atoms with Gasteiger partial charge in [0.15, 0.2) is 11.5 Å². The van der Waals surface area contributed by atoms with E-state index < -0.39 is 16.1 Å². The number of hydrogen-bond donors (Lipinski definition) is 3. The molecule has 1 unspecified atom stereocenters. The van der Waals surface area contributed by atoms with Crippen molar-refractivity contribution in [2.75, 3.05) is 27.4 Å². The van der Waals surface area contributed by atoms with Crippen molar-refractivity contribution in [1.29, 1.82) is 0 Å². The Bertz CT molecular complexity index is 1020. The molecule has 3 N–H and O–H groups in total. The Hall–Kier alpha value is -2.82. The summed E-state index contributed by atoms with van der Waals surface area (Å²) in [5.74, 6) is 1.11. The monoisotopic (exact) mass is 478 g/mol. The number of carbonyl (C=O) groups is 1. The van der Waals surface area contributed by atoms with Gasteiger partial charge in [0.2, 0.25) is 21.7 Å². The van der Waals surface area contributed by atoms with Crippen molar-refractivity contribution >= 4 is 15.9 Å². The van der Waals surface area contributed by atoms with Crippen LogP contribution in [0.25, 0.3) is 0 Å². The summed E-state index contributed by atoms with van der Waals surface area (Å²) in [7, 11) is -0.463. The summed E-state index contributed by atoms with van der Waals surface area (Å²) in [4.78, 5) is 12.4. The van der Waals surface area contributed by atoms with E-state index >= 15 is 0 Å². The molecule has 3 rings (SSSR count). The van der Waals surface area contributed by atoms with E-state index in [-0.39, 0.29) is 36.4 Å². The van der Waals surface area contributed by atoms with Crippen LogP contribution < -0.4 is 24.2 Å². The molecule has 1 aliphatic rings. The highest BCUT2D eigenvalue weighted by Crippen LogP contribution is 2.36. The predicted octanol–water partition coefficient (Wildman–Crippen LogP) is 1.63. The van der Waals surface area contributed by atoms with E-state index in [4.69, 9.17) is 14.2 Å². The normalized spacial score (nSPS) is 14.4. The number of carbonyl (C=O) groups excluding carboxylic acids is 1. The number of rotatable bonds is 13. The Kier molecular flexibility index (Phi) is 8.54. The molecule has 180 valence electrons. The molecule has 1 fully saturated rings. The van der Waals surface area contributed by atoms with Crippen molar-refractivity contribution in [3.8, 4) is 17.2 Å². The van der Waals surface area contributed by atoms with E-state index in [1.165, 1.54) is 14.2 Å². The van der Waals surface area contributed by atoms with Crippen molar-refractivity contribution in [2.45, 2.75) is 42.7 Å². The number of hydrogen-bond acceptors (Lipinski definition) is 7. The molecular formula is C23H30N2O7S. The highest BCUT2D eigenvalue weighted by molar-refractivity contribution is 7.89. The van der Waals surface area contributed by atoms with Gasteiger partial charge in [-0.25, -0.2) is 13.1 Å². The third-order valence-corrected chi connectivity index (χ3v) is 6.65. The number of aliphatic hydroxyl groups excluding tert-OH is 1. The molecule has 9 nitrogen and oxygen atoms in total. The standard InChI is InChI=1S/C23H30N2O7S/c1-30-20-4-3-5-21(31-2)23(20)32-15-18(26)14-24-22(27)13-8-16-6-11-19(12-7-16)33(28,29)25-17-9-10-17/h3-7,11-12,17-18,25-26H,8-10,13-15H2,1-2H3,(H,24,27). The Morgan fingerprint density at radius 2 is 1.73 bits per heavy atom. The first kappa shape index (κ1) is 24.8.